The normalized spacial score (nSPS) is 21.7. The van der Waals surface area contributed by atoms with Gasteiger partial charge in [0, 0.05) is 22.8 Å². The summed E-state index contributed by atoms with van der Waals surface area (Å²) >= 11 is 3.31. The van der Waals surface area contributed by atoms with Crippen molar-refractivity contribution in [3.8, 4) is 0 Å². The first kappa shape index (κ1) is 16.6. The first-order valence-corrected chi connectivity index (χ1v) is 7.85. The van der Waals surface area contributed by atoms with Crippen LogP contribution in [-0.4, -0.2) is 30.3 Å². The van der Waals surface area contributed by atoms with E-state index in [4.69, 9.17) is 4.74 Å². The number of esters is 1. The molecule has 6 nitrogen and oxygen atoms in total. The van der Waals surface area contributed by atoms with E-state index in [9.17, 15) is 14.9 Å². The van der Waals surface area contributed by atoms with E-state index in [1.54, 1.807) is 18.3 Å². The Morgan fingerprint density at radius 1 is 1.41 bits per heavy atom. The number of rotatable bonds is 4. The molecule has 1 fully saturated rings. The maximum absolute atomic E-state index is 11.5. The van der Waals surface area contributed by atoms with Gasteiger partial charge in [-0.3, -0.25) is 19.9 Å². The Bertz CT molecular complexity index is 595. The van der Waals surface area contributed by atoms with Crippen molar-refractivity contribution >= 4 is 33.8 Å². The van der Waals surface area contributed by atoms with Crippen LogP contribution in [0.5, 0.6) is 0 Å². The second-order valence-corrected chi connectivity index (χ2v) is 6.18. The van der Waals surface area contributed by atoms with E-state index in [-0.39, 0.29) is 23.6 Å². The highest BCUT2D eigenvalue weighted by Gasteiger charge is 2.26. The first-order chi connectivity index (χ1) is 10.5. The van der Waals surface area contributed by atoms with Gasteiger partial charge in [-0.2, -0.15) is 0 Å². The van der Waals surface area contributed by atoms with Crippen LogP contribution in [0, 0.1) is 16.0 Å². The van der Waals surface area contributed by atoms with E-state index >= 15 is 0 Å². The van der Waals surface area contributed by atoms with Crippen molar-refractivity contribution in [2.24, 2.45) is 10.9 Å². The van der Waals surface area contributed by atoms with Crippen LogP contribution in [0.25, 0.3) is 0 Å². The Hall–Kier alpha value is -1.76. The maximum Gasteiger partial charge on any atom is 0.308 e. The van der Waals surface area contributed by atoms with Crippen molar-refractivity contribution in [2.45, 2.75) is 31.7 Å². The van der Waals surface area contributed by atoms with E-state index in [1.165, 1.54) is 13.2 Å². The molecule has 1 aliphatic carbocycles. The summed E-state index contributed by atoms with van der Waals surface area (Å²) in [4.78, 5) is 26.5. The van der Waals surface area contributed by atoms with Crippen molar-refractivity contribution in [1.82, 2.24) is 0 Å². The predicted octanol–water partition coefficient (Wildman–Crippen LogP) is 3.51. The topological polar surface area (TPSA) is 81.8 Å². The number of nitro groups is 1. The molecule has 1 aromatic rings. The molecule has 0 aromatic heterocycles. The SMILES string of the molecule is COC(=O)C1CCC(N=Cc2cc(Br)ccc2[N+](=O)[O-])CC1. The number of nitrogens with zero attached hydrogens (tertiary/aromatic N) is 2. The van der Waals surface area contributed by atoms with Crippen LogP contribution in [0.4, 0.5) is 5.69 Å². The van der Waals surface area contributed by atoms with Crippen LogP contribution in [0.15, 0.2) is 27.7 Å². The monoisotopic (exact) mass is 368 g/mol. The fraction of sp³-hybridized carbons (Fsp3) is 0.467. The van der Waals surface area contributed by atoms with Gasteiger partial charge >= 0.3 is 5.97 Å². The molecule has 7 heteroatoms. The number of carbonyl (C=O) groups is 1. The molecule has 2 rings (SSSR count). The summed E-state index contributed by atoms with van der Waals surface area (Å²) in [6.45, 7) is 0. The molecular formula is C15H17BrN2O4. The second kappa shape index (κ2) is 7.49. The fourth-order valence-corrected chi connectivity index (χ4v) is 2.99. The van der Waals surface area contributed by atoms with Gasteiger partial charge in [0.2, 0.25) is 0 Å². The van der Waals surface area contributed by atoms with Crippen LogP contribution in [-0.2, 0) is 9.53 Å². The lowest BCUT2D eigenvalue weighted by Crippen LogP contribution is -2.24. The lowest BCUT2D eigenvalue weighted by molar-refractivity contribution is -0.385. The fourth-order valence-electron chi connectivity index (χ4n) is 2.61. The smallest absolute Gasteiger partial charge is 0.308 e. The summed E-state index contributed by atoms with van der Waals surface area (Å²) in [6.07, 6.45) is 4.63. The summed E-state index contributed by atoms with van der Waals surface area (Å²) in [6, 6.07) is 4.87. The van der Waals surface area contributed by atoms with Gasteiger partial charge in [0.1, 0.15) is 0 Å². The largest absolute Gasteiger partial charge is 0.469 e. The van der Waals surface area contributed by atoms with Gasteiger partial charge in [-0.15, -0.1) is 0 Å². The zero-order chi connectivity index (χ0) is 16.1. The molecule has 0 aliphatic heterocycles. The van der Waals surface area contributed by atoms with Gasteiger partial charge in [-0.05, 0) is 37.8 Å². The quantitative estimate of drug-likeness (QED) is 0.352. The van der Waals surface area contributed by atoms with Crippen molar-refractivity contribution in [3.63, 3.8) is 0 Å². The third-order valence-electron chi connectivity index (χ3n) is 3.84. The summed E-state index contributed by atoms with van der Waals surface area (Å²) < 4.78 is 5.52. The zero-order valence-corrected chi connectivity index (χ0v) is 13.8. The number of hydrogen-bond donors (Lipinski definition) is 0. The van der Waals surface area contributed by atoms with Gasteiger partial charge in [0.05, 0.1) is 23.5 Å². The average molecular weight is 369 g/mol. The van der Waals surface area contributed by atoms with E-state index < -0.39 is 4.92 Å². The van der Waals surface area contributed by atoms with Gasteiger partial charge in [0.15, 0.2) is 0 Å². The van der Waals surface area contributed by atoms with Crippen molar-refractivity contribution in [1.29, 1.82) is 0 Å². The van der Waals surface area contributed by atoms with Crippen molar-refractivity contribution in [3.05, 3.63) is 38.3 Å². The summed E-state index contributed by atoms with van der Waals surface area (Å²) in [5, 5.41) is 11.0. The minimum absolute atomic E-state index is 0.0372. The summed E-state index contributed by atoms with van der Waals surface area (Å²) in [7, 11) is 1.40. The lowest BCUT2D eigenvalue weighted by Gasteiger charge is -2.24. The lowest BCUT2D eigenvalue weighted by atomic mass is 9.86. The summed E-state index contributed by atoms with van der Waals surface area (Å²) in [5.41, 5.74) is 0.518. The van der Waals surface area contributed by atoms with Gasteiger partial charge < -0.3 is 4.74 Å². The van der Waals surface area contributed by atoms with E-state index in [2.05, 4.69) is 20.9 Å². The highest BCUT2D eigenvalue weighted by molar-refractivity contribution is 9.10. The number of aliphatic imine (C=N–C) groups is 1. The second-order valence-electron chi connectivity index (χ2n) is 5.27. The number of nitro benzene ring substituents is 1. The molecule has 0 unspecified atom stereocenters. The molecule has 118 valence electrons. The Morgan fingerprint density at radius 3 is 2.68 bits per heavy atom. The Morgan fingerprint density at radius 2 is 2.09 bits per heavy atom. The molecule has 0 saturated heterocycles. The number of hydrogen-bond acceptors (Lipinski definition) is 5. The maximum atomic E-state index is 11.5. The molecular weight excluding hydrogens is 352 g/mol. The first-order valence-electron chi connectivity index (χ1n) is 7.06. The molecule has 0 amide bonds. The minimum Gasteiger partial charge on any atom is -0.469 e. The van der Waals surface area contributed by atoms with Crippen LogP contribution in [0.2, 0.25) is 0 Å². The van der Waals surface area contributed by atoms with Crippen LogP contribution in [0.1, 0.15) is 31.2 Å². The highest BCUT2D eigenvalue weighted by Crippen LogP contribution is 2.28. The molecule has 1 aromatic carbocycles. The standard InChI is InChI=1S/C15H17BrN2O4/c1-22-15(19)10-2-5-13(6-3-10)17-9-11-8-12(16)4-7-14(11)18(20)21/h4,7-10,13H,2-3,5-6H2,1H3. The highest BCUT2D eigenvalue weighted by atomic mass is 79.9. The number of methoxy groups -OCH3 is 1. The van der Waals surface area contributed by atoms with Gasteiger partial charge in [0.25, 0.3) is 5.69 Å². The molecule has 1 saturated carbocycles. The Kier molecular flexibility index (Phi) is 5.65. The van der Waals surface area contributed by atoms with E-state index in [0.29, 0.717) is 5.56 Å². The molecule has 22 heavy (non-hydrogen) atoms. The molecule has 0 radical (unpaired) electrons. The molecule has 1 aliphatic rings. The van der Waals surface area contributed by atoms with Gasteiger partial charge in [-0.25, -0.2) is 0 Å². The van der Waals surface area contributed by atoms with Crippen molar-refractivity contribution < 1.29 is 14.5 Å². The minimum atomic E-state index is -0.415. The third kappa shape index (κ3) is 4.13. The third-order valence-corrected chi connectivity index (χ3v) is 4.34. The molecule has 0 N–H and O–H groups in total. The van der Waals surface area contributed by atoms with E-state index in [1.807, 2.05) is 0 Å². The zero-order valence-electron chi connectivity index (χ0n) is 12.2. The number of halogens is 1. The van der Waals surface area contributed by atoms with Crippen LogP contribution in [0.3, 0.4) is 0 Å². The molecule has 0 spiro atoms. The molecule has 0 bridgehead atoms. The van der Waals surface area contributed by atoms with Crippen LogP contribution < -0.4 is 0 Å². The average Bonchev–Trinajstić information content (AvgIpc) is 2.52. The predicted molar refractivity (Wildman–Crippen MR) is 86.2 cm³/mol. The molecule has 0 atom stereocenters. The number of ether oxygens (including phenoxy) is 1. The number of benzene rings is 1. The Labute approximate surface area is 136 Å². The van der Waals surface area contributed by atoms with Crippen molar-refractivity contribution in [2.75, 3.05) is 7.11 Å². The van der Waals surface area contributed by atoms with Gasteiger partial charge in [-0.1, -0.05) is 15.9 Å². The molecule has 0 heterocycles. The van der Waals surface area contributed by atoms with Crippen LogP contribution >= 0.6 is 15.9 Å². The van der Waals surface area contributed by atoms with E-state index in [0.717, 1.165) is 30.2 Å². The number of carbonyl (C=O) groups excluding carboxylic acids is 1. The summed E-state index contributed by atoms with van der Waals surface area (Å²) in [5.74, 6) is -0.207. The Balaban J connectivity index is 2.03.